The summed E-state index contributed by atoms with van der Waals surface area (Å²) in [5, 5.41) is 10.6. The zero-order chi connectivity index (χ0) is 23.2. The van der Waals surface area contributed by atoms with Crippen LogP contribution in [0.4, 0.5) is 38.3 Å². The van der Waals surface area contributed by atoms with Crippen LogP contribution in [0.15, 0.2) is 42.6 Å². The van der Waals surface area contributed by atoms with Gasteiger partial charge < -0.3 is 35.5 Å². The standard InChI is InChI=1S/C20H18FN7O5/c1-22-20(30)33-10-32-12-4-2-3-11(7-12)24-19-23-8-13(21)17(28-19)25-15-6-5-14-18(26-15)27-16(29)9-31-14/h2-8H,9-10H2,1H3,(H,22,30)(H3,23,24,25,26,27,28,29). The van der Waals surface area contributed by atoms with E-state index in [0.717, 1.165) is 6.20 Å². The van der Waals surface area contributed by atoms with Gasteiger partial charge in [0.15, 0.2) is 29.8 Å². The molecule has 0 fully saturated rings. The maximum absolute atomic E-state index is 14.3. The summed E-state index contributed by atoms with van der Waals surface area (Å²) in [6.45, 7) is -0.367. The van der Waals surface area contributed by atoms with Crippen LogP contribution in [0.3, 0.4) is 0 Å². The van der Waals surface area contributed by atoms with Crippen LogP contribution in [-0.4, -0.2) is 47.4 Å². The van der Waals surface area contributed by atoms with E-state index in [1.54, 1.807) is 36.4 Å². The Hall–Kier alpha value is -4.68. The van der Waals surface area contributed by atoms with Gasteiger partial charge in [-0.15, -0.1) is 0 Å². The fourth-order valence-corrected chi connectivity index (χ4v) is 2.69. The minimum Gasteiger partial charge on any atom is -0.480 e. The first-order valence-electron chi connectivity index (χ1n) is 9.58. The quantitative estimate of drug-likeness (QED) is 0.392. The van der Waals surface area contributed by atoms with Gasteiger partial charge in [0, 0.05) is 18.8 Å². The molecule has 2 amide bonds. The number of carbonyl (C=O) groups is 2. The average Bonchev–Trinajstić information content (AvgIpc) is 2.81. The number of alkyl carbamates (subject to hydrolysis) is 1. The summed E-state index contributed by atoms with van der Waals surface area (Å²) in [5.74, 6) is 0.236. The Morgan fingerprint density at radius 1 is 1.24 bits per heavy atom. The number of ether oxygens (including phenoxy) is 3. The normalized spacial score (nSPS) is 12.0. The van der Waals surface area contributed by atoms with Crippen LogP contribution in [0.5, 0.6) is 11.5 Å². The summed E-state index contributed by atoms with van der Waals surface area (Å²) in [7, 11) is 1.44. The highest BCUT2D eigenvalue weighted by molar-refractivity contribution is 5.94. The number of aromatic nitrogens is 3. The molecule has 4 rings (SSSR count). The SMILES string of the molecule is CNC(=O)OCOc1cccc(Nc2ncc(F)c(Nc3ccc4c(n3)NC(=O)CO4)n2)c1. The molecule has 0 atom stereocenters. The van der Waals surface area contributed by atoms with E-state index in [1.807, 2.05) is 0 Å². The molecule has 13 heteroatoms. The van der Waals surface area contributed by atoms with E-state index in [4.69, 9.17) is 14.2 Å². The summed E-state index contributed by atoms with van der Waals surface area (Å²) in [6.07, 6.45) is 0.380. The average molecular weight is 455 g/mol. The molecule has 1 aliphatic heterocycles. The van der Waals surface area contributed by atoms with Crippen LogP contribution in [0, 0.1) is 5.82 Å². The van der Waals surface area contributed by atoms with E-state index in [2.05, 4.69) is 36.2 Å². The summed E-state index contributed by atoms with van der Waals surface area (Å²) in [6, 6.07) is 9.88. The number of nitrogens with one attached hydrogen (secondary N) is 4. The van der Waals surface area contributed by atoms with Crippen molar-refractivity contribution in [1.82, 2.24) is 20.3 Å². The topological polar surface area (TPSA) is 149 Å². The predicted molar refractivity (Wildman–Crippen MR) is 114 cm³/mol. The second kappa shape index (κ2) is 9.64. The van der Waals surface area contributed by atoms with Gasteiger partial charge in [0.25, 0.3) is 5.91 Å². The molecule has 0 unspecified atom stereocenters. The maximum atomic E-state index is 14.3. The number of anilines is 5. The van der Waals surface area contributed by atoms with Crippen molar-refractivity contribution in [1.29, 1.82) is 0 Å². The van der Waals surface area contributed by atoms with Crippen LogP contribution in [-0.2, 0) is 9.53 Å². The lowest BCUT2D eigenvalue weighted by Gasteiger charge is -2.17. The smallest absolute Gasteiger partial charge is 0.409 e. The minimum atomic E-state index is -0.705. The number of halogens is 1. The number of hydrogen-bond donors (Lipinski definition) is 4. The molecule has 1 aromatic carbocycles. The molecule has 0 radical (unpaired) electrons. The zero-order valence-electron chi connectivity index (χ0n) is 17.2. The van der Waals surface area contributed by atoms with Gasteiger partial charge in [-0.05, 0) is 24.3 Å². The lowest BCUT2D eigenvalue weighted by molar-refractivity contribution is -0.118. The molecule has 12 nitrogen and oxygen atoms in total. The van der Waals surface area contributed by atoms with E-state index in [0.29, 0.717) is 17.2 Å². The number of amides is 2. The molecule has 170 valence electrons. The lowest BCUT2D eigenvalue weighted by atomic mass is 10.3. The van der Waals surface area contributed by atoms with Crippen molar-refractivity contribution in [2.24, 2.45) is 0 Å². The number of fused-ring (bicyclic) bond motifs is 1. The van der Waals surface area contributed by atoms with Crippen molar-refractivity contribution in [2.45, 2.75) is 0 Å². The molecule has 1 aliphatic rings. The fraction of sp³-hybridized carbons (Fsp3) is 0.150. The molecule has 3 heterocycles. The Bertz CT molecular complexity index is 1190. The molecule has 3 aromatic rings. The van der Waals surface area contributed by atoms with Gasteiger partial charge >= 0.3 is 6.09 Å². The Balaban J connectivity index is 1.45. The van der Waals surface area contributed by atoms with Crippen molar-refractivity contribution in [3.05, 3.63) is 48.4 Å². The molecule has 4 N–H and O–H groups in total. The van der Waals surface area contributed by atoms with Crippen LogP contribution in [0.2, 0.25) is 0 Å². The zero-order valence-corrected chi connectivity index (χ0v) is 17.2. The first-order valence-corrected chi connectivity index (χ1v) is 9.58. The molecule has 33 heavy (non-hydrogen) atoms. The largest absolute Gasteiger partial charge is 0.480 e. The number of pyridine rings is 1. The summed E-state index contributed by atoms with van der Waals surface area (Å²) in [4.78, 5) is 34.8. The molecule has 0 spiro atoms. The van der Waals surface area contributed by atoms with Crippen LogP contribution in [0.25, 0.3) is 0 Å². The monoisotopic (exact) mass is 455 g/mol. The Morgan fingerprint density at radius 2 is 2.12 bits per heavy atom. The lowest BCUT2D eigenvalue weighted by Crippen LogP contribution is -2.26. The van der Waals surface area contributed by atoms with Crippen molar-refractivity contribution in [2.75, 3.05) is 36.4 Å². The number of benzene rings is 1. The van der Waals surface area contributed by atoms with E-state index in [1.165, 1.54) is 7.05 Å². The van der Waals surface area contributed by atoms with E-state index < -0.39 is 11.9 Å². The number of hydrogen-bond acceptors (Lipinski definition) is 10. The van der Waals surface area contributed by atoms with Crippen molar-refractivity contribution in [3.63, 3.8) is 0 Å². The molecule has 0 saturated heterocycles. The van der Waals surface area contributed by atoms with Crippen molar-refractivity contribution >= 4 is 41.1 Å². The molecule has 0 bridgehead atoms. The van der Waals surface area contributed by atoms with Gasteiger partial charge in [-0.2, -0.15) is 4.98 Å². The van der Waals surface area contributed by atoms with Crippen LogP contribution in [0.1, 0.15) is 0 Å². The summed E-state index contributed by atoms with van der Waals surface area (Å²) in [5.41, 5.74) is 0.553. The first kappa shape index (κ1) is 21.5. The molecule has 0 saturated carbocycles. The molecular weight excluding hydrogens is 437 g/mol. The Morgan fingerprint density at radius 3 is 2.97 bits per heavy atom. The third kappa shape index (κ3) is 5.52. The highest BCUT2D eigenvalue weighted by Crippen LogP contribution is 2.28. The minimum absolute atomic E-state index is 0.0929. The highest BCUT2D eigenvalue weighted by Gasteiger charge is 2.18. The van der Waals surface area contributed by atoms with Crippen molar-refractivity contribution < 1.29 is 28.2 Å². The van der Waals surface area contributed by atoms with E-state index >= 15 is 0 Å². The maximum Gasteiger partial charge on any atom is 0.409 e. The fourth-order valence-electron chi connectivity index (χ4n) is 2.69. The Kier molecular flexibility index (Phi) is 6.29. The summed E-state index contributed by atoms with van der Waals surface area (Å²) >= 11 is 0. The molecular formula is C20H18FN7O5. The molecule has 2 aromatic heterocycles. The van der Waals surface area contributed by atoms with Crippen LogP contribution >= 0.6 is 0 Å². The highest BCUT2D eigenvalue weighted by atomic mass is 19.1. The third-order valence-electron chi connectivity index (χ3n) is 4.18. The van der Waals surface area contributed by atoms with Gasteiger partial charge in [-0.25, -0.2) is 19.2 Å². The second-order valence-corrected chi connectivity index (χ2v) is 6.49. The third-order valence-corrected chi connectivity index (χ3v) is 4.18. The Labute approximate surface area is 186 Å². The number of nitrogens with zero attached hydrogens (tertiary/aromatic N) is 3. The van der Waals surface area contributed by atoms with Crippen molar-refractivity contribution in [3.8, 4) is 11.5 Å². The summed E-state index contributed by atoms with van der Waals surface area (Å²) < 4.78 is 29.7. The number of carbonyl (C=O) groups excluding carboxylic acids is 2. The van der Waals surface area contributed by atoms with Gasteiger partial charge in [0.1, 0.15) is 11.6 Å². The first-order chi connectivity index (χ1) is 16.0. The van der Waals surface area contributed by atoms with E-state index in [9.17, 15) is 14.0 Å². The second-order valence-electron chi connectivity index (χ2n) is 6.49. The van der Waals surface area contributed by atoms with E-state index in [-0.39, 0.29) is 42.7 Å². The number of rotatable bonds is 7. The predicted octanol–water partition coefficient (Wildman–Crippen LogP) is 2.52. The van der Waals surface area contributed by atoms with Gasteiger partial charge in [-0.1, -0.05) is 6.07 Å². The van der Waals surface area contributed by atoms with Gasteiger partial charge in [0.05, 0.1) is 6.20 Å². The van der Waals surface area contributed by atoms with Gasteiger partial charge in [0.2, 0.25) is 12.7 Å². The van der Waals surface area contributed by atoms with Crippen LogP contribution < -0.4 is 30.7 Å². The van der Waals surface area contributed by atoms with Gasteiger partial charge in [-0.3, -0.25) is 4.79 Å². The molecule has 0 aliphatic carbocycles.